The molecule has 3 rings (SSSR count). The van der Waals surface area contributed by atoms with Crippen molar-refractivity contribution in [2.24, 2.45) is 0 Å². The van der Waals surface area contributed by atoms with Gasteiger partial charge in [-0.25, -0.2) is 4.39 Å². The van der Waals surface area contributed by atoms with Gasteiger partial charge in [0.05, 0.1) is 11.2 Å². The smallest absolute Gasteiger partial charge is 0.399 e. The third-order valence-electron chi connectivity index (χ3n) is 5.95. The Morgan fingerprint density at radius 1 is 0.844 bits per heavy atom. The Balaban J connectivity index is 2.16. The Hall–Kier alpha value is -1.68. The van der Waals surface area contributed by atoms with E-state index in [-0.39, 0.29) is 16.6 Å². The predicted octanol–water partition coefficient (Wildman–Crippen LogP) is 5.78. The van der Waals surface area contributed by atoms with Crippen LogP contribution in [0.4, 0.5) is 17.6 Å². The van der Waals surface area contributed by atoms with Crippen LogP contribution in [0, 0.1) is 5.82 Å². The summed E-state index contributed by atoms with van der Waals surface area (Å²) in [5, 5.41) is 0. The van der Waals surface area contributed by atoms with Crippen molar-refractivity contribution in [3.63, 3.8) is 0 Å². The predicted molar refractivity (Wildman–Crippen MR) is 120 cm³/mol. The van der Waals surface area contributed by atoms with E-state index in [0.717, 1.165) is 6.07 Å². The summed E-state index contributed by atoms with van der Waals surface area (Å²) in [5.41, 5.74) is -4.58. The topological polar surface area (TPSA) is 27.7 Å². The summed E-state index contributed by atoms with van der Waals surface area (Å²) in [6.45, 7) is 12.3. The highest BCUT2D eigenvalue weighted by Crippen LogP contribution is 2.49. The van der Waals surface area contributed by atoms with Crippen molar-refractivity contribution in [2.45, 2.75) is 70.3 Å². The summed E-state index contributed by atoms with van der Waals surface area (Å²) in [4.78, 5) is 0. The van der Waals surface area contributed by atoms with E-state index in [1.807, 2.05) is 27.7 Å². The molecule has 0 aliphatic carbocycles. The van der Waals surface area contributed by atoms with Gasteiger partial charge in [0.25, 0.3) is 0 Å². The molecule has 3 nitrogen and oxygen atoms in total. The van der Waals surface area contributed by atoms with Gasteiger partial charge in [-0.3, -0.25) is 0 Å². The van der Waals surface area contributed by atoms with Crippen molar-refractivity contribution in [3.05, 3.63) is 65.5 Å². The molecule has 0 N–H and O–H groups in total. The summed E-state index contributed by atoms with van der Waals surface area (Å²) < 4.78 is 77.1. The van der Waals surface area contributed by atoms with E-state index < -0.39 is 44.2 Å². The van der Waals surface area contributed by atoms with E-state index in [1.165, 1.54) is 36.4 Å². The Kier molecular flexibility index (Phi) is 6.22. The monoisotopic (exact) mass is 468 g/mol. The second kappa shape index (κ2) is 7.97. The molecule has 1 unspecified atom stereocenters. The van der Waals surface area contributed by atoms with Crippen molar-refractivity contribution >= 4 is 20.9 Å². The molecule has 1 atom stereocenters. The Morgan fingerprint density at radius 2 is 1.38 bits per heavy atom. The van der Waals surface area contributed by atoms with Gasteiger partial charge in [0.15, 0.2) is 8.32 Å². The maximum absolute atomic E-state index is 15.3. The Bertz CT molecular complexity index is 957. The van der Waals surface area contributed by atoms with Gasteiger partial charge in [-0.05, 0) is 64.5 Å². The number of hydrogen-bond acceptors (Lipinski definition) is 3. The zero-order valence-corrected chi connectivity index (χ0v) is 20.4. The lowest BCUT2D eigenvalue weighted by atomic mass is 9.76. The minimum Gasteiger partial charge on any atom is -0.399 e. The molecule has 0 bridgehead atoms. The van der Waals surface area contributed by atoms with Crippen LogP contribution in [0.5, 0.6) is 0 Å². The normalized spacial score (nSPS) is 20.3. The Labute approximate surface area is 188 Å². The summed E-state index contributed by atoms with van der Waals surface area (Å²) in [6.07, 6.45) is -4.83. The molecule has 174 valence electrons. The molecular weight excluding hydrogens is 439 g/mol. The van der Waals surface area contributed by atoms with E-state index in [1.54, 1.807) is 25.7 Å². The second-order valence-electron chi connectivity index (χ2n) is 10.1. The molecule has 1 aliphatic rings. The van der Waals surface area contributed by atoms with E-state index in [0.29, 0.717) is 0 Å². The minimum atomic E-state index is -4.83. The van der Waals surface area contributed by atoms with Crippen molar-refractivity contribution < 1.29 is 31.3 Å². The first-order chi connectivity index (χ1) is 14.5. The molecule has 1 fully saturated rings. The lowest BCUT2D eigenvalue weighted by molar-refractivity contribution is -0.240. The van der Waals surface area contributed by atoms with Gasteiger partial charge >= 0.3 is 13.3 Å². The average molecular weight is 468 g/mol. The number of halogens is 4. The zero-order valence-electron chi connectivity index (χ0n) is 19.4. The van der Waals surface area contributed by atoms with Crippen LogP contribution in [0.1, 0.15) is 38.8 Å². The highest BCUT2D eigenvalue weighted by atomic mass is 28.4. The summed E-state index contributed by atoms with van der Waals surface area (Å²) in [7, 11) is -3.78. The summed E-state index contributed by atoms with van der Waals surface area (Å²) >= 11 is 0. The van der Waals surface area contributed by atoms with Gasteiger partial charge in [0.1, 0.15) is 5.82 Å². The van der Waals surface area contributed by atoms with Gasteiger partial charge in [0.2, 0.25) is 5.60 Å². The standard InChI is InChI=1S/C23H29BF4O3Si/c1-20(2)21(3,4)30-24(29-20)18-14-13-17(15-19(18)25)22(23(26,27)28,31-32(5,6)7)16-11-9-8-10-12-16/h8-15H,1-7H3. The molecule has 0 radical (unpaired) electrons. The molecule has 0 spiro atoms. The number of rotatable bonds is 5. The van der Waals surface area contributed by atoms with Crippen LogP contribution in [0.25, 0.3) is 0 Å². The average Bonchev–Trinajstić information content (AvgIpc) is 2.85. The molecular formula is C23H29BF4O3Si. The molecule has 0 aromatic heterocycles. The summed E-state index contributed by atoms with van der Waals surface area (Å²) in [6, 6.07) is 10.8. The van der Waals surface area contributed by atoms with Crippen LogP contribution in [0.2, 0.25) is 19.6 Å². The molecule has 1 saturated heterocycles. The third kappa shape index (κ3) is 4.40. The quantitative estimate of drug-likeness (QED) is 0.411. The molecule has 2 aromatic carbocycles. The van der Waals surface area contributed by atoms with Gasteiger partial charge in [-0.15, -0.1) is 0 Å². The maximum atomic E-state index is 15.3. The van der Waals surface area contributed by atoms with Crippen molar-refractivity contribution in [1.29, 1.82) is 0 Å². The first-order valence-electron chi connectivity index (χ1n) is 10.5. The zero-order chi connectivity index (χ0) is 24.2. The number of benzene rings is 2. The van der Waals surface area contributed by atoms with E-state index in [9.17, 15) is 13.2 Å². The van der Waals surface area contributed by atoms with Gasteiger partial charge in [0, 0.05) is 5.46 Å². The fraction of sp³-hybridized carbons (Fsp3) is 0.478. The fourth-order valence-electron chi connectivity index (χ4n) is 3.71. The number of hydrogen-bond donors (Lipinski definition) is 0. The van der Waals surface area contributed by atoms with Crippen LogP contribution < -0.4 is 5.46 Å². The second-order valence-corrected chi connectivity index (χ2v) is 14.5. The van der Waals surface area contributed by atoms with Crippen LogP contribution in [0.3, 0.4) is 0 Å². The maximum Gasteiger partial charge on any atom is 0.497 e. The van der Waals surface area contributed by atoms with Crippen LogP contribution >= 0.6 is 0 Å². The van der Waals surface area contributed by atoms with Gasteiger partial charge in [-0.1, -0.05) is 42.5 Å². The third-order valence-corrected chi connectivity index (χ3v) is 6.87. The Morgan fingerprint density at radius 3 is 1.81 bits per heavy atom. The first-order valence-corrected chi connectivity index (χ1v) is 13.9. The van der Waals surface area contributed by atoms with E-state index in [2.05, 4.69) is 0 Å². The minimum absolute atomic E-state index is 0.0459. The van der Waals surface area contributed by atoms with E-state index in [4.69, 9.17) is 13.7 Å². The fourth-order valence-corrected chi connectivity index (χ4v) is 4.98. The first kappa shape index (κ1) is 25.0. The SMILES string of the molecule is CC1(C)OB(c2ccc(C(O[Si](C)(C)C)(c3ccccc3)C(F)(F)F)cc2F)OC1(C)C. The number of alkyl halides is 3. The molecule has 9 heteroatoms. The van der Waals surface area contributed by atoms with Crippen LogP contribution in [-0.2, 0) is 19.3 Å². The van der Waals surface area contributed by atoms with Crippen molar-refractivity contribution in [1.82, 2.24) is 0 Å². The van der Waals surface area contributed by atoms with Crippen LogP contribution in [0.15, 0.2) is 48.5 Å². The molecule has 0 saturated carbocycles. The lowest BCUT2D eigenvalue weighted by Gasteiger charge is -2.41. The van der Waals surface area contributed by atoms with Crippen molar-refractivity contribution in [2.75, 3.05) is 0 Å². The molecule has 32 heavy (non-hydrogen) atoms. The largest absolute Gasteiger partial charge is 0.497 e. The van der Waals surface area contributed by atoms with Crippen LogP contribution in [-0.4, -0.2) is 32.8 Å². The highest BCUT2D eigenvalue weighted by Gasteiger charge is 2.60. The van der Waals surface area contributed by atoms with E-state index >= 15 is 4.39 Å². The molecule has 1 aliphatic heterocycles. The van der Waals surface area contributed by atoms with Gasteiger partial charge < -0.3 is 13.7 Å². The van der Waals surface area contributed by atoms with Crippen molar-refractivity contribution in [3.8, 4) is 0 Å². The highest BCUT2D eigenvalue weighted by molar-refractivity contribution is 6.69. The molecule has 0 amide bonds. The summed E-state index contributed by atoms with van der Waals surface area (Å²) in [5.74, 6) is -0.843. The molecule has 1 heterocycles. The molecule has 2 aromatic rings. The lowest BCUT2D eigenvalue weighted by Crippen LogP contribution is -2.52. The van der Waals surface area contributed by atoms with Gasteiger partial charge in [-0.2, -0.15) is 13.2 Å².